The maximum absolute atomic E-state index is 12.5. The Bertz CT molecular complexity index is 913. The number of hydrogen-bond acceptors (Lipinski definition) is 8. The summed E-state index contributed by atoms with van der Waals surface area (Å²) in [5.74, 6) is 1.56. The predicted octanol–water partition coefficient (Wildman–Crippen LogP) is 3.67. The standard InChI is InChI=1S/C15H14F3N5O2S2/c1-24-11-4-3-9(5-12(11)25-2)13-19-10(6-26-13)7-27-14-20-21-22-23(14)8-15(16,17)18/h3-6H,7-8H2,1-2H3. The van der Waals surface area contributed by atoms with Gasteiger partial charge < -0.3 is 9.47 Å². The van der Waals surface area contributed by atoms with Gasteiger partial charge in [0.1, 0.15) is 11.6 Å². The molecule has 0 amide bonds. The number of rotatable bonds is 7. The van der Waals surface area contributed by atoms with E-state index in [1.165, 1.54) is 11.3 Å². The van der Waals surface area contributed by atoms with Gasteiger partial charge in [0, 0.05) is 16.7 Å². The molecule has 2 aromatic heterocycles. The number of halogens is 3. The lowest BCUT2D eigenvalue weighted by atomic mass is 10.2. The molecule has 0 aliphatic heterocycles. The van der Waals surface area contributed by atoms with Crippen LogP contribution in [0.2, 0.25) is 0 Å². The summed E-state index contributed by atoms with van der Waals surface area (Å²) in [7, 11) is 3.11. The van der Waals surface area contributed by atoms with E-state index >= 15 is 0 Å². The molecule has 0 radical (unpaired) electrons. The number of tetrazole rings is 1. The van der Waals surface area contributed by atoms with Gasteiger partial charge in [0.2, 0.25) is 5.16 Å². The van der Waals surface area contributed by atoms with Gasteiger partial charge in [0.05, 0.1) is 19.9 Å². The average molecular weight is 417 g/mol. The molecule has 27 heavy (non-hydrogen) atoms. The second-order valence-electron chi connectivity index (χ2n) is 5.24. The van der Waals surface area contributed by atoms with Crippen LogP contribution >= 0.6 is 23.1 Å². The first-order chi connectivity index (χ1) is 12.9. The molecule has 0 fully saturated rings. The van der Waals surface area contributed by atoms with Gasteiger partial charge in [-0.3, -0.25) is 0 Å². The summed E-state index contributed by atoms with van der Waals surface area (Å²) in [4.78, 5) is 4.52. The first-order valence-electron chi connectivity index (χ1n) is 7.52. The first-order valence-corrected chi connectivity index (χ1v) is 9.38. The fraction of sp³-hybridized carbons (Fsp3) is 0.333. The molecule has 2 heterocycles. The Labute approximate surface area is 160 Å². The number of hydrogen-bond donors (Lipinski definition) is 0. The number of ether oxygens (including phenoxy) is 2. The molecule has 0 unspecified atom stereocenters. The van der Waals surface area contributed by atoms with Crippen LogP contribution in [-0.2, 0) is 12.3 Å². The van der Waals surface area contributed by atoms with Crippen LogP contribution in [0, 0.1) is 0 Å². The van der Waals surface area contributed by atoms with E-state index in [9.17, 15) is 13.2 Å². The van der Waals surface area contributed by atoms with Crippen molar-refractivity contribution in [2.75, 3.05) is 14.2 Å². The molecule has 144 valence electrons. The van der Waals surface area contributed by atoms with Crippen LogP contribution in [-0.4, -0.2) is 45.6 Å². The number of thiazole rings is 1. The molecule has 0 bridgehead atoms. The number of aromatic nitrogens is 5. The fourth-order valence-corrected chi connectivity index (χ4v) is 3.87. The third-order valence-electron chi connectivity index (χ3n) is 3.36. The number of methoxy groups -OCH3 is 2. The first kappa shape index (κ1) is 19.4. The highest BCUT2D eigenvalue weighted by atomic mass is 32.2. The van der Waals surface area contributed by atoms with Crippen molar-refractivity contribution >= 4 is 23.1 Å². The Morgan fingerprint density at radius 2 is 1.96 bits per heavy atom. The van der Waals surface area contributed by atoms with Gasteiger partial charge in [0.15, 0.2) is 11.5 Å². The van der Waals surface area contributed by atoms with E-state index in [4.69, 9.17) is 9.47 Å². The van der Waals surface area contributed by atoms with Crippen molar-refractivity contribution in [1.82, 2.24) is 25.2 Å². The molecule has 0 spiro atoms. The number of alkyl halides is 3. The molecule has 12 heteroatoms. The normalized spacial score (nSPS) is 11.6. The van der Waals surface area contributed by atoms with E-state index < -0.39 is 12.7 Å². The minimum absolute atomic E-state index is 0.0907. The van der Waals surface area contributed by atoms with Gasteiger partial charge in [-0.05, 0) is 28.6 Å². The van der Waals surface area contributed by atoms with Crippen molar-refractivity contribution in [3.05, 3.63) is 29.3 Å². The van der Waals surface area contributed by atoms with Gasteiger partial charge in [-0.15, -0.1) is 16.4 Å². The molecule has 0 aliphatic rings. The minimum atomic E-state index is -4.38. The largest absolute Gasteiger partial charge is 0.493 e. The lowest BCUT2D eigenvalue weighted by molar-refractivity contribution is -0.144. The summed E-state index contributed by atoms with van der Waals surface area (Å²) in [6.45, 7) is -1.23. The van der Waals surface area contributed by atoms with Crippen molar-refractivity contribution < 1.29 is 22.6 Å². The summed E-state index contributed by atoms with van der Waals surface area (Å²) in [5, 5.41) is 13.0. The molecule has 0 atom stereocenters. The monoisotopic (exact) mass is 417 g/mol. The second kappa shape index (κ2) is 8.13. The van der Waals surface area contributed by atoms with Crippen molar-refractivity contribution in [1.29, 1.82) is 0 Å². The van der Waals surface area contributed by atoms with Crippen LogP contribution in [0.5, 0.6) is 11.5 Å². The predicted molar refractivity (Wildman–Crippen MR) is 94.1 cm³/mol. The Kier molecular flexibility index (Phi) is 5.85. The lowest BCUT2D eigenvalue weighted by Gasteiger charge is -2.08. The zero-order valence-corrected chi connectivity index (χ0v) is 15.9. The van der Waals surface area contributed by atoms with E-state index in [2.05, 4.69) is 20.5 Å². The third kappa shape index (κ3) is 4.89. The smallest absolute Gasteiger partial charge is 0.408 e. The highest BCUT2D eigenvalue weighted by Crippen LogP contribution is 2.34. The second-order valence-corrected chi connectivity index (χ2v) is 7.04. The molecule has 1 aromatic carbocycles. The van der Waals surface area contributed by atoms with Crippen LogP contribution in [0.4, 0.5) is 13.2 Å². The number of benzene rings is 1. The van der Waals surface area contributed by atoms with E-state index in [0.717, 1.165) is 32.7 Å². The Morgan fingerprint density at radius 3 is 2.67 bits per heavy atom. The molecule has 0 saturated carbocycles. The Balaban J connectivity index is 1.70. The molecule has 3 aromatic rings. The highest BCUT2D eigenvalue weighted by Gasteiger charge is 2.30. The summed E-state index contributed by atoms with van der Waals surface area (Å²) in [5.41, 5.74) is 1.58. The third-order valence-corrected chi connectivity index (χ3v) is 5.29. The van der Waals surface area contributed by atoms with Crippen molar-refractivity contribution in [2.45, 2.75) is 23.6 Å². The molecular weight excluding hydrogens is 403 g/mol. The molecule has 0 saturated heterocycles. The summed E-state index contributed by atoms with van der Waals surface area (Å²) in [6, 6.07) is 5.47. The topological polar surface area (TPSA) is 75.0 Å². The SMILES string of the molecule is COc1ccc(-c2nc(CSc3nnnn3CC(F)(F)F)cs2)cc1OC. The van der Waals surface area contributed by atoms with E-state index in [1.807, 2.05) is 17.5 Å². The van der Waals surface area contributed by atoms with Gasteiger partial charge in [0.25, 0.3) is 0 Å². The average Bonchev–Trinajstić information content (AvgIpc) is 3.27. The quantitative estimate of drug-likeness (QED) is 0.543. The van der Waals surface area contributed by atoms with Crippen LogP contribution in [0.25, 0.3) is 10.6 Å². The van der Waals surface area contributed by atoms with E-state index in [1.54, 1.807) is 20.3 Å². The summed E-state index contributed by atoms with van der Waals surface area (Å²) in [6.07, 6.45) is -4.38. The maximum atomic E-state index is 12.5. The molecule has 3 rings (SSSR count). The Hall–Kier alpha value is -2.34. The van der Waals surface area contributed by atoms with E-state index in [-0.39, 0.29) is 5.16 Å². The zero-order valence-electron chi connectivity index (χ0n) is 14.2. The molecule has 0 N–H and O–H groups in total. The van der Waals surface area contributed by atoms with E-state index in [0.29, 0.717) is 17.3 Å². The number of nitrogens with zero attached hydrogens (tertiary/aromatic N) is 5. The van der Waals surface area contributed by atoms with Gasteiger partial charge >= 0.3 is 6.18 Å². The minimum Gasteiger partial charge on any atom is -0.493 e. The van der Waals surface area contributed by atoms with Gasteiger partial charge in [-0.1, -0.05) is 11.8 Å². The highest BCUT2D eigenvalue weighted by molar-refractivity contribution is 7.98. The molecule has 7 nitrogen and oxygen atoms in total. The summed E-state index contributed by atoms with van der Waals surface area (Å²) < 4.78 is 48.8. The van der Waals surface area contributed by atoms with Gasteiger partial charge in [-0.2, -0.15) is 13.2 Å². The van der Waals surface area contributed by atoms with Crippen LogP contribution in [0.15, 0.2) is 28.7 Å². The Morgan fingerprint density at radius 1 is 1.19 bits per heavy atom. The number of thioether (sulfide) groups is 1. The van der Waals surface area contributed by atoms with Crippen molar-refractivity contribution in [3.63, 3.8) is 0 Å². The lowest BCUT2D eigenvalue weighted by Crippen LogP contribution is -2.19. The van der Waals surface area contributed by atoms with Gasteiger partial charge in [-0.25, -0.2) is 9.67 Å². The zero-order chi connectivity index (χ0) is 19.4. The maximum Gasteiger partial charge on any atom is 0.408 e. The van der Waals surface area contributed by atoms with Crippen molar-refractivity contribution in [3.8, 4) is 22.1 Å². The summed E-state index contributed by atoms with van der Waals surface area (Å²) >= 11 is 2.52. The van der Waals surface area contributed by atoms with Crippen LogP contribution in [0.3, 0.4) is 0 Å². The van der Waals surface area contributed by atoms with Crippen molar-refractivity contribution in [2.24, 2.45) is 0 Å². The van der Waals surface area contributed by atoms with Crippen LogP contribution in [0.1, 0.15) is 5.69 Å². The fourth-order valence-electron chi connectivity index (χ4n) is 2.18. The molecular formula is C15H14F3N5O2S2. The molecule has 0 aliphatic carbocycles. The van der Waals surface area contributed by atoms with Crippen LogP contribution < -0.4 is 9.47 Å².